The zero-order chi connectivity index (χ0) is 31.9. The fourth-order valence-corrected chi connectivity index (χ4v) is 5.96. The number of ether oxygens (including phenoxy) is 1. The largest absolute Gasteiger partial charge is 0.576 e. The molecule has 1 aliphatic carbocycles. The van der Waals surface area contributed by atoms with Gasteiger partial charge in [-0.3, -0.25) is 9.59 Å². The third-order valence-corrected chi connectivity index (χ3v) is 8.17. The van der Waals surface area contributed by atoms with Crippen molar-refractivity contribution in [3.8, 4) is 0 Å². The normalized spacial score (nSPS) is 19.0. The summed E-state index contributed by atoms with van der Waals surface area (Å²) in [6.45, 7) is -0.426. The highest BCUT2D eigenvalue weighted by Gasteiger charge is 2.41. The standard InChI is InChI=1S/C33H28F5N3O4/c34-23-16-28(31(43)39-30(20-6-2-1-3-7-20)22-12-13-25(19-10-11-19)26(35)15-22)40(18-23)29(42)17-24-14-21-8-4-5-9-27(21)41(24)32(44)45-33(36,37)38/h1-9,12-15,19,23,28,30H,10-11,16-18H2,(H,39,43)/t23-,28+,30+/m1/s1. The topological polar surface area (TPSA) is 80.6 Å². The van der Waals surface area contributed by atoms with Gasteiger partial charge in [0.05, 0.1) is 24.5 Å². The van der Waals surface area contributed by atoms with Crippen molar-refractivity contribution in [3.05, 3.63) is 107 Å². The second kappa shape index (κ2) is 12.0. The Bertz CT molecular complexity index is 1750. The van der Waals surface area contributed by atoms with Crippen molar-refractivity contribution in [3.63, 3.8) is 0 Å². The average molecular weight is 626 g/mol. The molecule has 1 aromatic heterocycles. The lowest BCUT2D eigenvalue weighted by molar-refractivity contribution is -0.291. The third kappa shape index (κ3) is 6.54. The number of aromatic nitrogens is 1. The summed E-state index contributed by atoms with van der Waals surface area (Å²) in [7, 11) is 0. The van der Waals surface area contributed by atoms with Gasteiger partial charge in [-0.15, -0.1) is 13.2 Å². The van der Waals surface area contributed by atoms with Crippen LogP contribution in [0.3, 0.4) is 0 Å². The summed E-state index contributed by atoms with van der Waals surface area (Å²) >= 11 is 0. The molecular formula is C33H28F5N3O4. The quantitative estimate of drug-likeness (QED) is 0.236. The molecule has 45 heavy (non-hydrogen) atoms. The summed E-state index contributed by atoms with van der Waals surface area (Å²) in [5, 5.41) is 3.24. The number of halogens is 5. The van der Waals surface area contributed by atoms with Crippen molar-refractivity contribution >= 4 is 28.8 Å². The fraction of sp³-hybridized carbons (Fsp3) is 0.303. The van der Waals surface area contributed by atoms with Gasteiger partial charge in [-0.25, -0.2) is 18.1 Å². The maximum atomic E-state index is 15.0. The van der Waals surface area contributed by atoms with Crippen LogP contribution in [0.2, 0.25) is 0 Å². The molecule has 7 nitrogen and oxygen atoms in total. The Labute approximate surface area is 254 Å². The molecule has 1 saturated heterocycles. The smallest absolute Gasteiger partial charge is 0.355 e. The van der Waals surface area contributed by atoms with E-state index in [-0.39, 0.29) is 29.4 Å². The van der Waals surface area contributed by atoms with Crippen molar-refractivity contribution in [1.29, 1.82) is 0 Å². The number of carbonyl (C=O) groups is 3. The minimum Gasteiger partial charge on any atom is -0.355 e. The molecule has 2 amide bonds. The van der Waals surface area contributed by atoms with Gasteiger partial charge in [0.2, 0.25) is 11.8 Å². The van der Waals surface area contributed by atoms with Crippen LogP contribution in [0.15, 0.2) is 78.9 Å². The van der Waals surface area contributed by atoms with Crippen LogP contribution in [-0.2, 0) is 20.7 Å². The van der Waals surface area contributed by atoms with Gasteiger partial charge < -0.3 is 15.0 Å². The third-order valence-electron chi connectivity index (χ3n) is 8.17. The maximum absolute atomic E-state index is 15.0. The van der Waals surface area contributed by atoms with Crippen molar-refractivity contribution in [1.82, 2.24) is 14.8 Å². The Kier molecular flexibility index (Phi) is 8.07. The predicted molar refractivity (Wildman–Crippen MR) is 153 cm³/mol. The first-order valence-electron chi connectivity index (χ1n) is 14.5. The van der Waals surface area contributed by atoms with E-state index < -0.39 is 55.5 Å². The molecule has 0 spiro atoms. The molecule has 0 unspecified atom stereocenters. The number of amides is 2. The highest BCUT2D eigenvalue weighted by atomic mass is 19.4. The van der Waals surface area contributed by atoms with Crippen LogP contribution >= 0.6 is 0 Å². The molecule has 0 radical (unpaired) electrons. The first-order chi connectivity index (χ1) is 21.5. The molecule has 1 aliphatic heterocycles. The van der Waals surface area contributed by atoms with E-state index in [1.807, 2.05) is 0 Å². The number of likely N-dealkylation sites (tertiary alicyclic amines) is 1. The number of hydrogen-bond acceptors (Lipinski definition) is 4. The van der Waals surface area contributed by atoms with E-state index in [1.54, 1.807) is 54.6 Å². The lowest BCUT2D eigenvalue weighted by atomic mass is 9.96. The van der Waals surface area contributed by atoms with E-state index in [0.29, 0.717) is 26.6 Å². The van der Waals surface area contributed by atoms with Crippen LogP contribution in [0.1, 0.15) is 53.6 Å². The predicted octanol–water partition coefficient (Wildman–Crippen LogP) is 6.55. The van der Waals surface area contributed by atoms with Crippen molar-refractivity contribution < 1.29 is 41.1 Å². The zero-order valence-electron chi connectivity index (χ0n) is 23.8. The minimum absolute atomic E-state index is 0.0827. The number of alkyl halides is 4. The first-order valence-corrected chi connectivity index (χ1v) is 14.5. The second-order valence-electron chi connectivity index (χ2n) is 11.3. The summed E-state index contributed by atoms with van der Waals surface area (Å²) < 4.78 is 72.8. The number of nitrogens with zero attached hydrogens (tertiary/aromatic N) is 2. The molecule has 12 heteroatoms. The van der Waals surface area contributed by atoms with Crippen LogP contribution in [0.4, 0.5) is 26.7 Å². The van der Waals surface area contributed by atoms with Crippen LogP contribution in [0, 0.1) is 5.82 Å². The average Bonchev–Trinajstić information content (AvgIpc) is 3.65. The van der Waals surface area contributed by atoms with E-state index in [0.717, 1.165) is 17.7 Å². The number of hydrogen-bond donors (Lipinski definition) is 1. The highest BCUT2D eigenvalue weighted by Crippen LogP contribution is 2.42. The number of fused-ring (bicyclic) bond motifs is 1. The first kappa shape index (κ1) is 30.3. The van der Waals surface area contributed by atoms with Crippen molar-refractivity contribution in [2.45, 2.75) is 56.2 Å². The summed E-state index contributed by atoms with van der Waals surface area (Å²) in [6, 6.07) is 19.0. The SMILES string of the molecule is O=C(N[C@@H](c1ccccc1)c1ccc(C2CC2)c(F)c1)[C@@H]1C[C@@H](F)CN1C(=O)Cc1cc2ccccc2n1C(=O)OC(F)(F)F. The van der Waals surface area contributed by atoms with Gasteiger partial charge in [-0.05, 0) is 53.6 Å². The number of para-hydroxylation sites is 1. The Morgan fingerprint density at radius 2 is 1.64 bits per heavy atom. The van der Waals surface area contributed by atoms with Gasteiger partial charge in [-0.2, -0.15) is 0 Å². The fourth-order valence-electron chi connectivity index (χ4n) is 5.96. The zero-order valence-corrected chi connectivity index (χ0v) is 23.8. The number of rotatable bonds is 7. The van der Waals surface area contributed by atoms with E-state index in [1.165, 1.54) is 24.3 Å². The number of nitrogens with one attached hydrogen (secondary N) is 1. The van der Waals surface area contributed by atoms with Gasteiger partial charge >= 0.3 is 12.5 Å². The lowest BCUT2D eigenvalue weighted by Gasteiger charge is -2.27. The Morgan fingerprint density at radius 1 is 0.933 bits per heavy atom. The molecule has 2 heterocycles. The van der Waals surface area contributed by atoms with E-state index >= 15 is 4.39 Å². The van der Waals surface area contributed by atoms with Crippen LogP contribution in [0.5, 0.6) is 0 Å². The highest BCUT2D eigenvalue weighted by molar-refractivity contribution is 5.94. The Hall–Kier alpha value is -4.74. The van der Waals surface area contributed by atoms with Crippen LogP contribution in [0.25, 0.3) is 10.9 Å². The van der Waals surface area contributed by atoms with Gasteiger partial charge in [0.15, 0.2) is 0 Å². The molecular weight excluding hydrogens is 597 g/mol. The van der Waals surface area contributed by atoms with E-state index in [9.17, 15) is 31.9 Å². The van der Waals surface area contributed by atoms with Gasteiger partial charge in [0, 0.05) is 17.5 Å². The monoisotopic (exact) mass is 625 g/mol. The molecule has 3 atom stereocenters. The van der Waals surface area contributed by atoms with Gasteiger partial charge in [-0.1, -0.05) is 60.7 Å². The molecule has 0 bridgehead atoms. The second-order valence-corrected chi connectivity index (χ2v) is 11.3. The van der Waals surface area contributed by atoms with E-state index in [2.05, 4.69) is 10.1 Å². The Morgan fingerprint density at radius 3 is 2.33 bits per heavy atom. The summed E-state index contributed by atoms with van der Waals surface area (Å²) in [4.78, 5) is 40.7. The molecule has 1 N–H and O–H groups in total. The molecule has 3 aromatic carbocycles. The Balaban J connectivity index is 1.26. The van der Waals surface area contributed by atoms with Crippen LogP contribution < -0.4 is 5.32 Å². The van der Waals surface area contributed by atoms with Crippen molar-refractivity contribution in [2.75, 3.05) is 6.54 Å². The minimum atomic E-state index is -5.26. The molecule has 6 rings (SSSR count). The lowest BCUT2D eigenvalue weighted by Crippen LogP contribution is -2.47. The summed E-state index contributed by atoms with van der Waals surface area (Å²) in [5.41, 5.74) is 1.69. The maximum Gasteiger partial charge on any atom is 0.576 e. The van der Waals surface area contributed by atoms with Gasteiger partial charge in [0.1, 0.15) is 18.0 Å². The van der Waals surface area contributed by atoms with Crippen LogP contribution in [-0.4, -0.2) is 52.5 Å². The molecule has 1 saturated carbocycles. The number of benzene rings is 3. The summed E-state index contributed by atoms with van der Waals surface area (Å²) in [6.07, 6.45) is -7.65. The molecule has 234 valence electrons. The number of carbonyl (C=O) groups excluding carboxylic acids is 3. The molecule has 4 aromatic rings. The van der Waals surface area contributed by atoms with Gasteiger partial charge in [0.25, 0.3) is 0 Å². The molecule has 2 aliphatic rings. The van der Waals surface area contributed by atoms with Crippen molar-refractivity contribution in [2.24, 2.45) is 0 Å². The van der Waals surface area contributed by atoms with E-state index in [4.69, 9.17) is 0 Å². The molecule has 2 fully saturated rings. The summed E-state index contributed by atoms with van der Waals surface area (Å²) in [5.74, 6) is -1.65.